The van der Waals surface area contributed by atoms with Gasteiger partial charge in [-0.25, -0.2) is 8.78 Å². The summed E-state index contributed by atoms with van der Waals surface area (Å²) in [5.41, 5.74) is 3.52. The first kappa shape index (κ1) is 12.7. The third kappa shape index (κ3) is 2.92. The molecule has 2 nitrogen and oxygen atoms in total. The highest BCUT2D eigenvalue weighted by atomic mass is 32.1. The molecule has 0 aliphatic carbocycles. The van der Waals surface area contributed by atoms with Gasteiger partial charge in [-0.05, 0) is 38.1 Å². The first-order chi connectivity index (χ1) is 8.56. The van der Waals surface area contributed by atoms with Gasteiger partial charge in [0.1, 0.15) is 5.82 Å². The molecular formula is C13H12F2N2S. The fraction of sp³-hybridized carbons (Fsp3) is 0.154. The Labute approximate surface area is 108 Å². The number of halogens is 2. The van der Waals surface area contributed by atoms with E-state index in [2.05, 4.69) is 10.5 Å². The molecule has 0 aliphatic rings. The maximum Gasteiger partial charge on any atom is 0.151 e. The molecule has 2 rings (SSSR count). The van der Waals surface area contributed by atoms with E-state index in [0.717, 1.165) is 16.7 Å². The molecule has 1 N–H and O–H groups in total. The van der Waals surface area contributed by atoms with Crippen molar-refractivity contribution in [1.82, 2.24) is 0 Å². The standard InChI is InChI=1S/C13H12F2N2S/c1-8-3-6-13(18-8)9(2)16-17-12-5-4-10(14)7-11(12)15/h3-7,17H,1-2H3/b16-9-. The topological polar surface area (TPSA) is 24.4 Å². The maximum atomic E-state index is 13.3. The van der Waals surface area contributed by atoms with Gasteiger partial charge in [-0.3, -0.25) is 5.43 Å². The number of rotatable bonds is 3. The lowest BCUT2D eigenvalue weighted by molar-refractivity contribution is 0.585. The summed E-state index contributed by atoms with van der Waals surface area (Å²) < 4.78 is 26.1. The second-order valence-corrected chi connectivity index (χ2v) is 5.13. The highest BCUT2D eigenvalue weighted by Crippen LogP contribution is 2.18. The summed E-state index contributed by atoms with van der Waals surface area (Å²) in [4.78, 5) is 2.20. The molecule has 0 fully saturated rings. The van der Waals surface area contributed by atoms with Crippen molar-refractivity contribution in [2.24, 2.45) is 5.10 Å². The van der Waals surface area contributed by atoms with Crippen LogP contribution in [-0.2, 0) is 0 Å². The molecule has 0 bridgehead atoms. The van der Waals surface area contributed by atoms with Crippen LogP contribution in [0.15, 0.2) is 35.4 Å². The second kappa shape index (κ2) is 5.27. The van der Waals surface area contributed by atoms with Crippen LogP contribution < -0.4 is 5.43 Å². The number of nitrogens with zero attached hydrogens (tertiary/aromatic N) is 1. The molecular weight excluding hydrogens is 254 g/mol. The van der Waals surface area contributed by atoms with Crippen molar-refractivity contribution in [3.8, 4) is 0 Å². The van der Waals surface area contributed by atoms with Gasteiger partial charge in [0.15, 0.2) is 5.82 Å². The molecule has 5 heteroatoms. The van der Waals surface area contributed by atoms with E-state index < -0.39 is 11.6 Å². The van der Waals surface area contributed by atoms with Crippen molar-refractivity contribution in [1.29, 1.82) is 0 Å². The summed E-state index contributed by atoms with van der Waals surface area (Å²) in [5, 5.41) is 4.08. The summed E-state index contributed by atoms with van der Waals surface area (Å²) in [6.45, 7) is 3.84. The minimum absolute atomic E-state index is 0.157. The fourth-order valence-corrected chi connectivity index (χ4v) is 2.22. The predicted octanol–water partition coefficient (Wildman–Crippen LogP) is 4.17. The highest BCUT2D eigenvalue weighted by Gasteiger charge is 2.04. The number of hydrogen-bond donors (Lipinski definition) is 1. The monoisotopic (exact) mass is 266 g/mol. The predicted molar refractivity (Wildman–Crippen MR) is 71.2 cm³/mol. The van der Waals surface area contributed by atoms with Crippen LogP contribution in [0.2, 0.25) is 0 Å². The fourth-order valence-electron chi connectivity index (χ4n) is 1.41. The number of nitrogens with one attached hydrogen (secondary N) is 1. The zero-order valence-electron chi connectivity index (χ0n) is 10.00. The zero-order chi connectivity index (χ0) is 13.1. The van der Waals surface area contributed by atoms with Gasteiger partial charge in [-0.1, -0.05) is 0 Å². The Balaban J connectivity index is 2.15. The van der Waals surface area contributed by atoms with Crippen LogP contribution in [0.3, 0.4) is 0 Å². The van der Waals surface area contributed by atoms with E-state index in [0.29, 0.717) is 0 Å². The van der Waals surface area contributed by atoms with Crippen LogP contribution in [0.1, 0.15) is 16.7 Å². The van der Waals surface area contributed by atoms with E-state index in [1.54, 1.807) is 11.3 Å². The number of hydrazone groups is 1. The first-order valence-corrected chi connectivity index (χ1v) is 6.20. The SMILES string of the molecule is C/C(=N/Nc1ccc(F)cc1F)c1ccc(C)s1. The second-order valence-electron chi connectivity index (χ2n) is 3.84. The summed E-state index contributed by atoms with van der Waals surface area (Å²) >= 11 is 1.61. The van der Waals surface area contributed by atoms with E-state index in [4.69, 9.17) is 0 Å². The van der Waals surface area contributed by atoms with Gasteiger partial charge < -0.3 is 0 Å². The summed E-state index contributed by atoms with van der Waals surface area (Å²) in [6.07, 6.45) is 0. The first-order valence-electron chi connectivity index (χ1n) is 5.38. The molecule has 0 unspecified atom stereocenters. The van der Waals surface area contributed by atoms with Gasteiger partial charge in [-0.2, -0.15) is 5.10 Å². The Hall–Kier alpha value is -1.75. The molecule has 18 heavy (non-hydrogen) atoms. The zero-order valence-corrected chi connectivity index (χ0v) is 10.8. The average molecular weight is 266 g/mol. The van der Waals surface area contributed by atoms with E-state index in [9.17, 15) is 8.78 Å². The normalized spacial score (nSPS) is 11.7. The summed E-state index contributed by atoms with van der Waals surface area (Å²) in [5.74, 6) is -1.26. The number of aryl methyl sites for hydroxylation is 1. The maximum absolute atomic E-state index is 13.3. The number of thiophene rings is 1. The van der Waals surface area contributed by atoms with Gasteiger partial charge in [0.05, 0.1) is 16.3 Å². The van der Waals surface area contributed by atoms with Crippen molar-refractivity contribution in [2.75, 3.05) is 5.43 Å². The van der Waals surface area contributed by atoms with Crippen LogP contribution in [0, 0.1) is 18.6 Å². The van der Waals surface area contributed by atoms with Crippen LogP contribution in [0.5, 0.6) is 0 Å². The Kier molecular flexibility index (Phi) is 3.72. The molecule has 0 saturated heterocycles. The van der Waals surface area contributed by atoms with Crippen LogP contribution in [-0.4, -0.2) is 5.71 Å². The quantitative estimate of drug-likeness (QED) is 0.654. The number of hydrogen-bond acceptors (Lipinski definition) is 3. The highest BCUT2D eigenvalue weighted by molar-refractivity contribution is 7.14. The molecule has 1 aromatic carbocycles. The lowest BCUT2D eigenvalue weighted by atomic mass is 10.3. The Bertz CT molecular complexity index is 590. The molecule has 2 aromatic rings. The van der Waals surface area contributed by atoms with Crippen molar-refractivity contribution >= 4 is 22.7 Å². The van der Waals surface area contributed by atoms with Crippen molar-refractivity contribution in [3.05, 3.63) is 51.7 Å². The average Bonchev–Trinajstić information content (AvgIpc) is 2.74. The minimum atomic E-state index is -0.658. The van der Waals surface area contributed by atoms with Crippen LogP contribution in [0.25, 0.3) is 0 Å². The molecule has 0 saturated carbocycles. The van der Waals surface area contributed by atoms with Gasteiger partial charge in [0, 0.05) is 10.9 Å². The van der Waals surface area contributed by atoms with Gasteiger partial charge in [0.25, 0.3) is 0 Å². The molecule has 1 heterocycles. The molecule has 0 atom stereocenters. The third-order valence-corrected chi connectivity index (χ3v) is 3.48. The largest absolute Gasteiger partial charge is 0.275 e. The number of benzene rings is 1. The van der Waals surface area contributed by atoms with Gasteiger partial charge in [0.2, 0.25) is 0 Å². The van der Waals surface area contributed by atoms with E-state index in [1.807, 2.05) is 26.0 Å². The van der Waals surface area contributed by atoms with E-state index in [-0.39, 0.29) is 5.69 Å². The van der Waals surface area contributed by atoms with Crippen molar-refractivity contribution in [3.63, 3.8) is 0 Å². The Morgan fingerprint density at radius 2 is 2.00 bits per heavy atom. The van der Waals surface area contributed by atoms with Crippen LogP contribution >= 0.6 is 11.3 Å². The van der Waals surface area contributed by atoms with E-state index in [1.165, 1.54) is 17.0 Å². The summed E-state index contributed by atoms with van der Waals surface area (Å²) in [7, 11) is 0. The molecule has 94 valence electrons. The molecule has 0 aliphatic heterocycles. The summed E-state index contributed by atoms with van der Waals surface area (Å²) in [6, 6.07) is 7.29. The number of anilines is 1. The van der Waals surface area contributed by atoms with Crippen molar-refractivity contribution in [2.45, 2.75) is 13.8 Å². The Morgan fingerprint density at radius 3 is 2.61 bits per heavy atom. The smallest absolute Gasteiger partial charge is 0.151 e. The van der Waals surface area contributed by atoms with E-state index >= 15 is 0 Å². The van der Waals surface area contributed by atoms with Crippen LogP contribution in [0.4, 0.5) is 14.5 Å². The third-order valence-electron chi connectivity index (χ3n) is 2.37. The molecule has 1 aromatic heterocycles. The minimum Gasteiger partial charge on any atom is -0.275 e. The lowest BCUT2D eigenvalue weighted by Gasteiger charge is -2.03. The molecule has 0 amide bonds. The lowest BCUT2D eigenvalue weighted by Crippen LogP contribution is -1.99. The molecule has 0 radical (unpaired) electrons. The van der Waals surface area contributed by atoms with Crippen molar-refractivity contribution < 1.29 is 8.78 Å². The van der Waals surface area contributed by atoms with Gasteiger partial charge >= 0.3 is 0 Å². The molecule has 0 spiro atoms. The van der Waals surface area contributed by atoms with Gasteiger partial charge in [-0.15, -0.1) is 11.3 Å². The Morgan fingerprint density at radius 1 is 1.22 bits per heavy atom.